The van der Waals surface area contributed by atoms with E-state index in [1.807, 2.05) is 51.1 Å². The zero-order chi connectivity index (χ0) is 32.9. The van der Waals surface area contributed by atoms with Crippen LogP contribution in [0.25, 0.3) is 0 Å². The zero-order valence-electron chi connectivity index (χ0n) is 26.7. The number of benzene rings is 2. The molecule has 0 spiro atoms. The van der Waals surface area contributed by atoms with E-state index >= 15 is 0 Å². The van der Waals surface area contributed by atoms with Gasteiger partial charge in [0.25, 0.3) is 16.0 Å². The number of nitrogens with one attached hydrogen (secondary N) is 2. The number of phenolic OH excluding ortho intramolecular Hbond substituents is 1. The van der Waals surface area contributed by atoms with Crippen molar-refractivity contribution in [3.63, 3.8) is 0 Å². The summed E-state index contributed by atoms with van der Waals surface area (Å²) in [4.78, 5) is 29.9. The van der Waals surface area contributed by atoms with Crippen LogP contribution in [0.5, 0.6) is 5.75 Å². The first-order chi connectivity index (χ1) is 21.1. The van der Waals surface area contributed by atoms with Crippen LogP contribution in [-0.2, 0) is 19.1 Å². The molecule has 0 aromatic heterocycles. The van der Waals surface area contributed by atoms with Crippen LogP contribution in [0.3, 0.4) is 0 Å². The number of piperidine rings is 1. The highest BCUT2D eigenvalue weighted by atomic mass is 32.2. The summed E-state index contributed by atoms with van der Waals surface area (Å²) in [6, 6.07) is 12.7. The van der Waals surface area contributed by atoms with E-state index in [0.717, 1.165) is 36.8 Å². The molecule has 2 aromatic rings. The van der Waals surface area contributed by atoms with Gasteiger partial charge in [0.05, 0.1) is 24.4 Å². The van der Waals surface area contributed by atoms with Gasteiger partial charge in [0.2, 0.25) is 5.91 Å². The number of carbonyl (C=O) groups is 2. The molecule has 4 rings (SSSR count). The summed E-state index contributed by atoms with van der Waals surface area (Å²) < 4.78 is 30.9. The maximum atomic E-state index is 13.8. The normalized spacial score (nSPS) is 23.9. The molecule has 2 amide bonds. The van der Waals surface area contributed by atoms with Crippen molar-refractivity contribution in [2.75, 3.05) is 18.6 Å². The molecule has 6 atom stereocenters. The number of phenols is 1. The second-order valence-corrected chi connectivity index (χ2v) is 16.0. The number of hydrogen-bond donors (Lipinski definition) is 4. The van der Waals surface area contributed by atoms with Crippen molar-refractivity contribution in [1.82, 2.24) is 15.5 Å². The molecular formula is C33H47N3O7S2. The summed E-state index contributed by atoms with van der Waals surface area (Å²) in [5, 5.41) is 28.0. The Morgan fingerprint density at radius 2 is 1.78 bits per heavy atom. The van der Waals surface area contributed by atoms with Crippen molar-refractivity contribution < 1.29 is 32.4 Å². The number of amides is 2. The van der Waals surface area contributed by atoms with Crippen LogP contribution in [0.2, 0.25) is 0 Å². The van der Waals surface area contributed by atoms with Crippen LogP contribution < -0.4 is 10.6 Å². The SMILES string of the molecule is Cc1c(O)cccc1C(=O)NC(CSc1ccccc1)C(O)CN1C(OS(C)(=O)=O)[C@H]2CCCC[C@H]2C[C@H]1C(=O)NC(C)(C)C. The molecule has 1 aliphatic carbocycles. The third-order valence-electron chi connectivity index (χ3n) is 8.56. The molecule has 1 aliphatic heterocycles. The number of carbonyl (C=O) groups excluding carboxylic acids is 2. The minimum atomic E-state index is -3.91. The van der Waals surface area contributed by atoms with Gasteiger partial charge in [0.15, 0.2) is 0 Å². The molecule has 45 heavy (non-hydrogen) atoms. The maximum absolute atomic E-state index is 13.8. The summed E-state index contributed by atoms with van der Waals surface area (Å²) in [7, 11) is -3.91. The molecule has 2 aliphatic rings. The van der Waals surface area contributed by atoms with Gasteiger partial charge in [-0.25, -0.2) is 0 Å². The minimum Gasteiger partial charge on any atom is -0.508 e. The Morgan fingerprint density at radius 3 is 2.44 bits per heavy atom. The zero-order valence-corrected chi connectivity index (χ0v) is 28.4. The topological polar surface area (TPSA) is 145 Å². The predicted octanol–water partition coefficient (Wildman–Crippen LogP) is 4.05. The van der Waals surface area contributed by atoms with Crippen molar-refractivity contribution in [2.24, 2.45) is 11.8 Å². The van der Waals surface area contributed by atoms with Crippen molar-refractivity contribution in [3.05, 3.63) is 59.7 Å². The minimum absolute atomic E-state index is 0.0118. The first-order valence-electron chi connectivity index (χ1n) is 15.5. The Morgan fingerprint density at radius 1 is 1.09 bits per heavy atom. The lowest BCUT2D eigenvalue weighted by Gasteiger charge is -2.51. The summed E-state index contributed by atoms with van der Waals surface area (Å²) >= 11 is 1.46. The van der Waals surface area contributed by atoms with E-state index in [1.165, 1.54) is 17.8 Å². The highest BCUT2D eigenvalue weighted by molar-refractivity contribution is 7.99. The van der Waals surface area contributed by atoms with Gasteiger partial charge in [-0.15, -0.1) is 11.8 Å². The summed E-state index contributed by atoms with van der Waals surface area (Å²) in [5.41, 5.74) is 0.166. The molecule has 4 N–H and O–H groups in total. The molecule has 248 valence electrons. The summed E-state index contributed by atoms with van der Waals surface area (Å²) in [5.74, 6) is -0.449. The van der Waals surface area contributed by atoms with Crippen molar-refractivity contribution in [2.45, 2.75) is 94.6 Å². The quantitative estimate of drug-likeness (QED) is 0.207. The number of thioether (sulfide) groups is 1. The molecule has 0 bridgehead atoms. The molecule has 2 fully saturated rings. The Labute approximate surface area is 271 Å². The number of aromatic hydroxyl groups is 1. The number of aliphatic hydroxyl groups is 1. The fourth-order valence-electron chi connectivity index (χ4n) is 6.41. The van der Waals surface area contributed by atoms with Gasteiger partial charge in [-0.3, -0.25) is 18.7 Å². The number of rotatable bonds is 11. The van der Waals surface area contributed by atoms with E-state index in [2.05, 4.69) is 10.6 Å². The molecule has 3 unspecified atom stereocenters. The Kier molecular flexibility index (Phi) is 11.6. The third-order valence-corrected chi connectivity index (χ3v) is 10.2. The lowest BCUT2D eigenvalue weighted by molar-refractivity contribution is -0.153. The third kappa shape index (κ3) is 9.68. The predicted molar refractivity (Wildman–Crippen MR) is 175 cm³/mol. The van der Waals surface area contributed by atoms with E-state index < -0.39 is 46.0 Å². The molecule has 1 saturated carbocycles. The molecule has 1 heterocycles. The van der Waals surface area contributed by atoms with Crippen LogP contribution in [0, 0.1) is 18.8 Å². The summed E-state index contributed by atoms with van der Waals surface area (Å²) in [6.07, 6.45) is 2.95. The van der Waals surface area contributed by atoms with Crippen LogP contribution in [0.15, 0.2) is 53.4 Å². The lowest BCUT2D eigenvalue weighted by Crippen LogP contribution is -2.64. The number of aliphatic hydroxyl groups excluding tert-OH is 1. The van der Waals surface area contributed by atoms with E-state index in [-0.39, 0.29) is 35.6 Å². The van der Waals surface area contributed by atoms with Gasteiger partial charge < -0.3 is 20.8 Å². The highest BCUT2D eigenvalue weighted by Crippen LogP contribution is 2.43. The van der Waals surface area contributed by atoms with Crippen molar-refractivity contribution in [3.8, 4) is 5.75 Å². The average Bonchev–Trinajstić information content (AvgIpc) is 2.96. The lowest BCUT2D eigenvalue weighted by atomic mass is 9.71. The van der Waals surface area contributed by atoms with Gasteiger partial charge in [0, 0.05) is 39.8 Å². The Hall–Kier alpha value is -2.64. The number of β-amino-alcohol motifs (C(OH)–C–C–N with tert-alkyl or cyclic N) is 1. The summed E-state index contributed by atoms with van der Waals surface area (Å²) in [6.45, 7) is 7.20. The van der Waals surface area contributed by atoms with E-state index in [4.69, 9.17) is 4.18 Å². The van der Waals surface area contributed by atoms with Gasteiger partial charge in [-0.1, -0.05) is 37.1 Å². The van der Waals surface area contributed by atoms with E-state index in [9.17, 15) is 28.2 Å². The second-order valence-electron chi connectivity index (χ2n) is 13.3. The fraction of sp³-hybridized carbons (Fsp3) is 0.576. The Balaban J connectivity index is 1.67. The van der Waals surface area contributed by atoms with Crippen LogP contribution >= 0.6 is 11.8 Å². The molecule has 1 saturated heterocycles. The first kappa shape index (κ1) is 35.2. The second kappa shape index (κ2) is 14.8. The van der Waals surface area contributed by atoms with Gasteiger partial charge in [-0.2, -0.15) is 8.42 Å². The smallest absolute Gasteiger partial charge is 0.265 e. The van der Waals surface area contributed by atoms with Gasteiger partial charge >= 0.3 is 0 Å². The number of likely N-dealkylation sites (tertiary alicyclic amines) is 1. The first-order valence-corrected chi connectivity index (χ1v) is 18.3. The number of fused-ring (bicyclic) bond motifs is 1. The van der Waals surface area contributed by atoms with Crippen LogP contribution in [0.4, 0.5) is 0 Å². The fourth-order valence-corrected chi connectivity index (χ4v) is 8.05. The highest BCUT2D eigenvalue weighted by Gasteiger charge is 2.49. The Bertz CT molecular complexity index is 1430. The molecule has 2 aromatic carbocycles. The standard InChI is InChI=1S/C33H47N3O7S2/c1-21-24(16-11-17-28(21)37)30(39)34-26(20-44-23-13-7-6-8-14-23)29(38)19-36-27(31(40)35-33(2,3)4)18-22-12-9-10-15-25(22)32(36)43-45(5,41)42/h6-8,11,13-14,16-17,22,25-27,29,32,37-38H,9-10,12,15,18-20H2,1-5H3,(H,34,39)(H,35,40)/t22-,25-,26?,27-,29?,32?/m0/s1. The molecular weight excluding hydrogens is 615 g/mol. The van der Waals surface area contributed by atoms with E-state index in [1.54, 1.807) is 24.0 Å². The van der Waals surface area contributed by atoms with Gasteiger partial charge in [-0.05, 0) is 77.1 Å². The maximum Gasteiger partial charge on any atom is 0.265 e. The van der Waals surface area contributed by atoms with Gasteiger partial charge in [0.1, 0.15) is 12.0 Å². The number of hydrogen-bond acceptors (Lipinski definition) is 9. The van der Waals surface area contributed by atoms with Crippen molar-refractivity contribution in [1.29, 1.82) is 0 Å². The van der Waals surface area contributed by atoms with Crippen LogP contribution in [0.1, 0.15) is 68.8 Å². The average molecular weight is 662 g/mol. The molecule has 0 radical (unpaired) electrons. The monoisotopic (exact) mass is 661 g/mol. The molecule has 12 heteroatoms. The van der Waals surface area contributed by atoms with E-state index in [0.29, 0.717) is 17.7 Å². The largest absolute Gasteiger partial charge is 0.508 e. The van der Waals surface area contributed by atoms with Crippen LogP contribution in [-0.4, -0.2) is 83.9 Å². The molecule has 10 nitrogen and oxygen atoms in total. The van der Waals surface area contributed by atoms with Crippen molar-refractivity contribution >= 4 is 33.7 Å². The number of nitrogens with zero attached hydrogens (tertiary/aromatic N) is 1.